The molecule has 0 spiro atoms. The number of hydrogen-bond acceptors (Lipinski definition) is 3. The summed E-state index contributed by atoms with van der Waals surface area (Å²) >= 11 is 0. The van der Waals surface area contributed by atoms with Gasteiger partial charge in [-0.05, 0) is 56.3 Å². The number of carbonyl (C=O) groups is 2. The zero-order valence-corrected chi connectivity index (χ0v) is 11.7. The molecule has 4 aliphatic carbocycles. The van der Waals surface area contributed by atoms with E-state index in [4.69, 9.17) is 11.2 Å². The molecule has 0 aromatic carbocycles. The van der Waals surface area contributed by atoms with Gasteiger partial charge in [0.05, 0.1) is 12.0 Å². The molecule has 4 aliphatic rings. The predicted octanol–water partition coefficient (Wildman–Crippen LogP) is 1.50. The summed E-state index contributed by atoms with van der Waals surface area (Å²) in [5.74, 6) is 3.94. The van der Waals surface area contributed by atoms with Gasteiger partial charge in [0.25, 0.3) is 5.91 Å². The van der Waals surface area contributed by atoms with E-state index in [9.17, 15) is 9.59 Å². The number of amides is 1. The van der Waals surface area contributed by atoms with Crippen molar-refractivity contribution in [2.75, 3.05) is 13.2 Å². The van der Waals surface area contributed by atoms with Gasteiger partial charge < -0.3 is 10.1 Å². The molecule has 4 rings (SSSR count). The lowest BCUT2D eigenvalue weighted by molar-refractivity contribution is -0.173. The van der Waals surface area contributed by atoms with Crippen LogP contribution < -0.4 is 5.32 Å². The summed E-state index contributed by atoms with van der Waals surface area (Å²) in [6.45, 7) is -0.0317. The maximum absolute atomic E-state index is 12.4. The van der Waals surface area contributed by atoms with E-state index in [2.05, 4.69) is 11.2 Å². The van der Waals surface area contributed by atoms with Crippen LogP contribution in [-0.2, 0) is 14.3 Å². The minimum absolute atomic E-state index is 0.160. The molecule has 0 aromatic heterocycles. The normalized spacial score (nSPS) is 37.2. The Kier molecular flexibility index (Phi) is 3.45. The molecule has 4 bridgehead atoms. The Morgan fingerprint density at radius 2 is 1.70 bits per heavy atom. The standard InChI is InChI=1S/C16H21NO3/c1-2-3-17-14(18)10-20-15(19)16-7-11-4-12(8-16)6-13(5-11)9-16/h1,11-13H,3-10H2,(H,17,18). The van der Waals surface area contributed by atoms with E-state index < -0.39 is 0 Å². The maximum Gasteiger partial charge on any atom is 0.312 e. The Hall–Kier alpha value is -1.50. The van der Waals surface area contributed by atoms with Gasteiger partial charge in [-0.1, -0.05) is 5.92 Å². The molecule has 108 valence electrons. The molecule has 1 amide bonds. The summed E-state index contributed by atoms with van der Waals surface area (Å²) < 4.78 is 5.27. The van der Waals surface area contributed by atoms with E-state index in [1.807, 2.05) is 0 Å². The van der Waals surface area contributed by atoms with Crippen LogP contribution in [-0.4, -0.2) is 25.0 Å². The number of terminal acetylenes is 1. The van der Waals surface area contributed by atoms with Crippen molar-refractivity contribution < 1.29 is 14.3 Å². The molecule has 4 saturated carbocycles. The van der Waals surface area contributed by atoms with Crippen molar-refractivity contribution >= 4 is 11.9 Å². The maximum atomic E-state index is 12.4. The topological polar surface area (TPSA) is 55.4 Å². The SMILES string of the molecule is C#CCNC(=O)COC(=O)C12CC3CC(CC(C3)C1)C2. The van der Waals surface area contributed by atoms with Gasteiger partial charge in [-0.2, -0.15) is 0 Å². The van der Waals surface area contributed by atoms with Crippen LogP contribution in [0.15, 0.2) is 0 Å². The quantitative estimate of drug-likeness (QED) is 0.625. The lowest BCUT2D eigenvalue weighted by Crippen LogP contribution is -2.51. The van der Waals surface area contributed by atoms with Crippen molar-refractivity contribution in [3.63, 3.8) is 0 Å². The van der Waals surface area contributed by atoms with Crippen molar-refractivity contribution in [2.45, 2.75) is 38.5 Å². The summed E-state index contributed by atoms with van der Waals surface area (Å²) in [6, 6.07) is 0. The average molecular weight is 275 g/mol. The summed E-state index contributed by atoms with van der Waals surface area (Å²) in [7, 11) is 0. The lowest BCUT2D eigenvalue weighted by Gasteiger charge is -2.55. The first-order chi connectivity index (χ1) is 9.61. The zero-order chi connectivity index (χ0) is 14.2. The molecule has 0 saturated heterocycles. The number of ether oxygens (including phenoxy) is 1. The molecule has 0 atom stereocenters. The van der Waals surface area contributed by atoms with Crippen LogP contribution in [0, 0.1) is 35.5 Å². The molecule has 1 N–H and O–H groups in total. The Labute approximate surface area is 119 Å². The largest absolute Gasteiger partial charge is 0.455 e. The lowest BCUT2D eigenvalue weighted by atomic mass is 9.49. The van der Waals surface area contributed by atoms with Crippen LogP contribution in [0.2, 0.25) is 0 Å². The summed E-state index contributed by atoms with van der Waals surface area (Å²) in [5, 5.41) is 2.51. The van der Waals surface area contributed by atoms with Gasteiger partial charge in [0.1, 0.15) is 0 Å². The highest BCUT2D eigenvalue weighted by atomic mass is 16.5. The number of esters is 1. The van der Waals surface area contributed by atoms with Crippen LogP contribution in [0.1, 0.15) is 38.5 Å². The molecule has 0 unspecified atom stereocenters. The molecule has 0 aromatic rings. The predicted molar refractivity (Wildman–Crippen MR) is 73.4 cm³/mol. The highest BCUT2D eigenvalue weighted by Crippen LogP contribution is 2.60. The second-order valence-corrected chi connectivity index (χ2v) is 6.75. The average Bonchev–Trinajstić information content (AvgIpc) is 2.41. The molecule has 0 heterocycles. The monoisotopic (exact) mass is 275 g/mol. The van der Waals surface area contributed by atoms with E-state index >= 15 is 0 Å². The van der Waals surface area contributed by atoms with Crippen molar-refractivity contribution in [3.8, 4) is 12.3 Å². The number of nitrogens with one attached hydrogen (secondary N) is 1. The number of rotatable bonds is 4. The van der Waals surface area contributed by atoms with E-state index in [-0.39, 0.29) is 30.4 Å². The van der Waals surface area contributed by atoms with E-state index in [0.29, 0.717) is 17.8 Å². The third-order valence-electron chi connectivity index (χ3n) is 5.19. The second kappa shape index (κ2) is 5.12. The fourth-order valence-electron chi connectivity index (χ4n) is 4.85. The zero-order valence-electron chi connectivity index (χ0n) is 11.7. The summed E-state index contributed by atoms with van der Waals surface area (Å²) in [5.41, 5.74) is -0.291. The van der Waals surface area contributed by atoms with E-state index in [1.165, 1.54) is 19.3 Å². The minimum atomic E-state index is -0.318. The smallest absolute Gasteiger partial charge is 0.312 e. The Balaban J connectivity index is 1.57. The highest BCUT2D eigenvalue weighted by Gasteiger charge is 2.55. The molecule has 4 fully saturated rings. The molecule has 0 radical (unpaired) electrons. The number of hydrogen-bond donors (Lipinski definition) is 1. The third kappa shape index (κ3) is 2.42. The van der Waals surface area contributed by atoms with Gasteiger partial charge in [-0.15, -0.1) is 6.42 Å². The molecule has 4 nitrogen and oxygen atoms in total. The van der Waals surface area contributed by atoms with Crippen LogP contribution in [0.5, 0.6) is 0 Å². The Bertz CT molecular complexity index is 428. The summed E-state index contributed by atoms with van der Waals surface area (Å²) in [4.78, 5) is 23.9. The van der Waals surface area contributed by atoms with Crippen molar-refractivity contribution in [3.05, 3.63) is 0 Å². The first-order valence-electron chi connectivity index (χ1n) is 7.49. The fraction of sp³-hybridized carbons (Fsp3) is 0.750. The van der Waals surface area contributed by atoms with Gasteiger partial charge in [0, 0.05) is 0 Å². The molecular weight excluding hydrogens is 254 g/mol. The Morgan fingerprint density at radius 1 is 1.15 bits per heavy atom. The first-order valence-corrected chi connectivity index (χ1v) is 7.49. The van der Waals surface area contributed by atoms with Crippen LogP contribution >= 0.6 is 0 Å². The van der Waals surface area contributed by atoms with E-state index in [0.717, 1.165) is 19.3 Å². The van der Waals surface area contributed by atoms with Gasteiger partial charge in [0.15, 0.2) is 6.61 Å². The number of carbonyl (C=O) groups excluding carboxylic acids is 2. The van der Waals surface area contributed by atoms with Gasteiger partial charge >= 0.3 is 5.97 Å². The first kappa shape index (κ1) is 13.5. The second-order valence-electron chi connectivity index (χ2n) is 6.75. The van der Waals surface area contributed by atoms with E-state index in [1.54, 1.807) is 0 Å². The highest BCUT2D eigenvalue weighted by molar-refractivity contribution is 5.83. The molecule has 20 heavy (non-hydrogen) atoms. The van der Waals surface area contributed by atoms with Crippen LogP contribution in [0.3, 0.4) is 0 Å². The van der Waals surface area contributed by atoms with Gasteiger partial charge in [-0.3, -0.25) is 9.59 Å². The Morgan fingerprint density at radius 3 is 2.20 bits per heavy atom. The van der Waals surface area contributed by atoms with Crippen LogP contribution in [0.4, 0.5) is 0 Å². The molecule has 0 aliphatic heterocycles. The molecule has 4 heteroatoms. The third-order valence-corrected chi connectivity index (χ3v) is 5.19. The van der Waals surface area contributed by atoms with Gasteiger partial charge in [-0.25, -0.2) is 0 Å². The van der Waals surface area contributed by atoms with Crippen molar-refractivity contribution in [2.24, 2.45) is 23.2 Å². The fourth-order valence-corrected chi connectivity index (χ4v) is 4.85. The van der Waals surface area contributed by atoms with Crippen molar-refractivity contribution in [1.82, 2.24) is 5.32 Å². The minimum Gasteiger partial charge on any atom is -0.455 e. The van der Waals surface area contributed by atoms with Crippen LogP contribution in [0.25, 0.3) is 0 Å². The summed E-state index contributed by atoms with van der Waals surface area (Å²) in [6.07, 6.45) is 11.8. The van der Waals surface area contributed by atoms with Gasteiger partial charge in [0.2, 0.25) is 0 Å². The van der Waals surface area contributed by atoms with Crippen molar-refractivity contribution in [1.29, 1.82) is 0 Å². The molecular formula is C16H21NO3.